The molecule has 0 saturated heterocycles. The molecule has 0 aliphatic carbocycles. The number of halogens is 5. The first-order valence-electron chi connectivity index (χ1n) is 12.2. The fourth-order valence-corrected chi connectivity index (χ4v) is 5.51. The van der Waals surface area contributed by atoms with Crippen molar-refractivity contribution in [2.24, 2.45) is 21.6 Å². The predicted octanol–water partition coefficient (Wildman–Crippen LogP) is 7.60. The van der Waals surface area contributed by atoms with E-state index in [1.807, 2.05) is 6.92 Å². The van der Waals surface area contributed by atoms with Gasteiger partial charge in [0.25, 0.3) is 0 Å². The van der Waals surface area contributed by atoms with Gasteiger partial charge in [-0.05, 0) is 42.7 Å². The molecule has 5 nitrogen and oxygen atoms in total. The van der Waals surface area contributed by atoms with Crippen LogP contribution in [0.15, 0.2) is 34.5 Å². The van der Waals surface area contributed by atoms with Crippen molar-refractivity contribution in [2.45, 2.75) is 72.4 Å². The minimum Gasteiger partial charge on any atom is -0.212 e. The quantitative estimate of drug-likeness (QED) is 0.131. The van der Waals surface area contributed by atoms with Crippen LogP contribution in [-0.2, 0) is 10.0 Å². The molecule has 0 bridgehead atoms. The fourth-order valence-electron chi connectivity index (χ4n) is 3.96. The smallest absolute Gasteiger partial charge is 0.212 e. The second-order valence-electron chi connectivity index (χ2n) is 9.43. The number of rotatable bonds is 15. The Balaban J connectivity index is 2.93. The zero-order chi connectivity index (χ0) is 27.6. The molecule has 0 unspecified atom stereocenters. The number of allylic oxidation sites excluding steroid dienone is 1. The molecule has 1 atom stereocenters. The van der Waals surface area contributed by atoms with Crippen LogP contribution in [0.5, 0.6) is 0 Å². The maximum absolute atomic E-state index is 14.3. The second kappa shape index (κ2) is 14.2. The third kappa shape index (κ3) is 10.2. The Morgan fingerprint density at radius 1 is 1.11 bits per heavy atom. The van der Waals surface area contributed by atoms with Gasteiger partial charge in [0.05, 0.1) is 23.4 Å². The number of unbranched alkanes of at least 4 members (excludes halogenated alkanes) is 1. The lowest BCUT2D eigenvalue weighted by atomic mass is 9.72. The molecule has 36 heavy (non-hydrogen) atoms. The highest BCUT2D eigenvalue weighted by Crippen LogP contribution is 2.38. The Hall–Kier alpha value is -1.88. The van der Waals surface area contributed by atoms with Crippen LogP contribution in [-0.4, -0.2) is 44.8 Å². The van der Waals surface area contributed by atoms with Crippen molar-refractivity contribution in [3.05, 3.63) is 41.5 Å². The van der Waals surface area contributed by atoms with Crippen LogP contribution in [0.1, 0.15) is 71.8 Å². The molecule has 11 heteroatoms. The molecule has 0 spiro atoms. The van der Waals surface area contributed by atoms with Crippen LogP contribution >= 0.6 is 0 Å². The Labute approximate surface area is 211 Å². The first-order chi connectivity index (χ1) is 16.7. The summed E-state index contributed by atoms with van der Waals surface area (Å²) < 4.78 is 91.8. The van der Waals surface area contributed by atoms with Crippen molar-refractivity contribution in [1.29, 1.82) is 0 Å². The highest BCUT2D eigenvalue weighted by Gasteiger charge is 2.32. The van der Waals surface area contributed by atoms with E-state index in [2.05, 4.69) is 24.1 Å². The largest absolute Gasteiger partial charge is 0.390 e. The van der Waals surface area contributed by atoms with E-state index in [9.17, 15) is 30.4 Å². The topological polar surface area (TPSA) is 62.1 Å². The first kappa shape index (κ1) is 32.1. The Kier molecular flexibility index (Phi) is 12.6. The summed E-state index contributed by atoms with van der Waals surface area (Å²) in [4.78, 5) is 0. The molecule has 0 aromatic heterocycles. The average Bonchev–Trinajstić information content (AvgIpc) is 2.78. The van der Waals surface area contributed by atoms with Crippen LogP contribution < -0.4 is 0 Å². The van der Waals surface area contributed by atoms with Crippen LogP contribution in [0, 0.1) is 23.0 Å². The Morgan fingerprint density at radius 3 is 2.22 bits per heavy atom. The highest BCUT2D eigenvalue weighted by molar-refractivity contribution is 7.89. The van der Waals surface area contributed by atoms with Gasteiger partial charge in [-0.1, -0.05) is 52.7 Å². The predicted molar refractivity (Wildman–Crippen MR) is 133 cm³/mol. The third-order valence-corrected chi connectivity index (χ3v) is 8.59. The van der Waals surface area contributed by atoms with Gasteiger partial charge in [0.1, 0.15) is 11.6 Å². The molecule has 0 heterocycles. The molecule has 206 valence electrons. The van der Waals surface area contributed by atoms with E-state index < -0.39 is 40.0 Å². The third-order valence-electron chi connectivity index (χ3n) is 6.64. The van der Waals surface area contributed by atoms with Gasteiger partial charge in [-0.25, -0.2) is 21.5 Å². The van der Waals surface area contributed by atoms with Gasteiger partial charge in [-0.2, -0.15) is 23.4 Å². The summed E-state index contributed by atoms with van der Waals surface area (Å²) in [5, 5.41) is 7.64. The zero-order valence-corrected chi connectivity index (χ0v) is 22.5. The molecule has 0 fully saturated rings. The minimum absolute atomic E-state index is 0.0938. The number of benzene rings is 1. The van der Waals surface area contributed by atoms with Gasteiger partial charge in [-0.3, -0.25) is 0 Å². The maximum Gasteiger partial charge on any atom is 0.390 e. The molecule has 0 N–H and O–H groups in total. The van der Waals surface area contributed by atoms with E-state index in [4.69, 9.17) is 0 Å². The SMILES string of the molecule is CCN(CCCC[C@@H](C/C=C(\N=N/C)c1c(F)cccc1F)C(C)(C)CC)S(=O)(=O)CCC(F)(F)F. The molecule has 0 aliphatic rings. The molecular weight excluding hydrogens is 501 g/mol. The van der Waals surface area contributed by atoms with Crippen molar-refractivity contribution >= 4 is 15.7 Å². The van der Waals surface area contributed by atoms with Crippen LogP contribution in [0.2, 0.25) is 0 Å². The number of alkyl halides is 3. The standard InChI is InChI=1S/C25H38F5N3O2S/c1-6-24(3,4)19(14-15-22(32-31-5)23-20(26)12-10-13-21(23)27)11-8-9-17-33(7-2)36(34,35)18-16-25(28,29)30/h10,12-13,15,19H,6-9,11,14,16-18H2,1-5H3/b22-15-,32-31-/t19-/m0/s1. The lowest BCUT2D eigenvalue weighted by Gasteiger charge is -2.33. The summed E-state index contributed by atoms with van der Waals surface area (Å²) in [5.74, 6) is -2.32. The van der Waals surface area contributed by atoms with E-state index in [-0.39, 0.29) is 35.7 Å². The minimum atomic E-state index is -4.53. The van der Waals surface area contributed by atoms with Gasteiger partial charge in [-0.15, -0.1) is 0 Å². The normalized spacial score (nSPS) is 14.7. The Morgan fingerprint density at radius 2 is 1.72 bits per heavy atom. The molecule has 0 radical (unpaired) electrons. The van der Waals surface area contributed by atoms with Crippen LogP contribution in [0.3, 0.4) is 0 Å². The molecule has 0 saturated carbocycles. The van der Waals surface area contributed by atoms with E-state index in [1.54, 1.807) is 13.0 Å². The summed E-state index contributed by atoms with van der Waals surface area (Å²) in [6.07, 6.45) is -1.06. The van der Waals surface area contributed by atoms with Crippen molar-refractivity contribution < 1.29 is 30.4 Å². The Bertz CT molecular complexity index is 972. The van der Waals surface area contributed by atoms with E-state index >= 15 is 0 Å². The number of hydrogen-bond acceptors (Lipinski definition) is 4. The summed E-state index contributed by atoms with van der Waals surface area (Å²) in [5.41, 5.74) is -0.251. The molecule has 1 aromatic carbocycles. The van der Waals surface area contributed by atoms with E-state index in [0.717, 1.165) is 22.9 Å². The molecule has 0 amide bonds. The lowest BCUT2D eigenvalue weighted by molar-refractivity contribution is -0.130. The van der Waals surface area contributed by atoms with Crippen LogP contribution in [0.4, 0.5) is 22.0 Å². The number of nitrogens with zero attached hydrogens (tertiary/aromatic N) is 3. The number of sulfonamides is 1. The molecule has 1 rings (SSSR count). The number of azo groups is 1. The summed E-state index contributed by atoms with van der Waals surface area (Å²) in [7, 11) is -2.58. The summed E-state index contributed by atoms with van der Waals surface area (Å²) >= 11 is 0. The molecule has 1 aromatic rings. The van der Waals surface area contributed by atoms with Gasteiger partial charge in [0.15, 0.2) is 0 Å². The monoisotopic (exact) mass is 539 g/mol. The van der Waals surface area contributed by atoms with Crippen molar-refractivity contribution in [1.82, 2.24) is 4.31 Å². The molecular formula is C25H38F5N3O2S. The summed E-state index contributed by atoms with van der Waals surface area (Å²) in [6, 6.07) is 3.60. The van der Waals surface area contributed by atoms with Crippen molar-refractivity contribution in [3.8, 4) is 0 Å². The number of hydrogen-bond donors (Lipinski definition) is 0. The second-order valence-corrected chi connectivity index (χ2v) is 11.5. The first-order valence-corrected chi connectivity index (χ1v) is 13.8. The molecule has 0 aliphatic heterocycles. The van der Waals surface area contributed by atoms with E-state index in [0.29, 0.717) is 25.7 Å². The van der Waals surface area contributed by atoms with E-state index in [1.165, 1.54) is 13.1 Å². The maximum atomic E-state index is 14.3. The van der Waals surface area contributed by atoms with Crippen molar-refractivity contribution in [2.75, 3.05) is 25.9 Å². The van der Waals surface area contributed by atoms with Gasteiger partial charge >= 0.3 is 6.18 Å². The average molecular weight is 540 g/mol. The van der Waals surface area contributed by atoms with Crippen LogP contribution in [0.25, 0.3) is 5.70 Å². The summed E-state index contributed by atoms with van der Waals surface area (Å²) in [6.45, 7) is 8.08. The lowest BCUT2D eigenvalue weighted by Crippen LogP contribution is -2.35. The zero-order valence-electron chi connectivity index (χ0n) is 21.7. The fraction of sp³-hybridized carbons (Fsp3) is 0.680. The van der Waals surface area contributed by atoms with Gasteiger partial charge in [0, 0.05) is 20.1 Å². The highest BCUT2D eigenvalue weighted by atomic mass is 32.2. The van der Waals surface area contributed by atoms with Gasteiger partial charge < -0.3 is 0 Å². The van der Waals surface area contributed by atoms with Crippen molar-refractivity contribution in [3.63, 3.8) is 0 Å². The van der Waals surface area contributed by atoms with Gasteiger partial charge in [0.2, 0.25) is 10.0 Å².